The van der Waals surface area contributed by atoms with Crippen molar-refractivity contribution in [3.05, 3.63) is 67.0 Å². The minimum Gasteiger partial charge on any atom is -0.360 e. The second-order valence-corrected chi connectivity index (χ2v) is 9.00. The summed E-state index contributed by atoms with van der Waals surface area (Å²) >= 11 is 0. The maximum absolute atomic E-state index is 11.8. The number of nitrogens with one attached hydrogen (secondary N) is 2. The van der Waals surface area contributed by atoms with E-state index < -0.39 is 9.73 Å². The number of rotatable bonds is 4. The first kappa shape index (κ1) is 17.2. The minimum absolute atomic E-state index is 0.511. The van der Waals surface area contributed by atoms with E-state index in [9.17, 15) is 4.21 Å². The van der Waals surface area contributed by atoms with E-state index >= 15 is 0 Å². The number of aromatic nitrogens is 3. The van der Waals surface area contributed by atoms with Gasteiger partial charge in [0.25, 0.3) is 0 Å². The molecule has 0 saturated heterocycles. The van der Waals surface area contributed by atoms with E-state index in [1.54, 1.807) is 18.7 Å². The van der Waals surface area contributed by atoms with Gasteiger partial charge in [-0.15, -0.1) is 0 Å². The van der Waals surface area contributed by atoms with Crippen LogP contribution in [0.3, 0.4) is 0 Å². The average molecular weight is 377 g/mol. The maximum atomic E-state index is 11.8. The number of benzene rings is 2. The fourth-order valence-electron chi connectivity index (χ4n) is 2.84. The Bertz CT molecular complexity index is 1210. The van der Waals surface area contributed by atoms with Gasteiger partial charge >= 0.3 is 0 Å². The molecule has 0 aliphatic heterocycles. The Morgan fingerprint density at radius 2 is 1.81 bits per heavy atom. The lowest BCUT2D eigenvalue weighted by Gasteiger charge is -2.07. The molecule has 0 aliphatic carbocycles. The van der Waals surface area contributed by atoms with Gasteiger partial charge in [-0.2, -0.15) is 4.36 Å². The third-order valence-electron chi connectivity index (χ3n) is 3.97. The van der Waals surface area contributed by atoms with Crippen molar-refractivity contribution in [3.8, 4) is 11.3 Å². The molecule has 0 bridgehead atoms. The van der Waals surface area contributed by atoms with Crippen molar-refractivity contribution >= 4 is 38.0 Å². The molecule has 2 aromatic carbocycles. The molecule has 136 valence electrons. The third-order valence-corrected chi connectivity index (χ3v) is 4.62. The Morgan fingerprint density at radius 1 is 1.04 bits per heavy atom. The van der Waals surface area contributed by atoms with Gasteiger partial charge in [-0.3, -0.25) is 0 Å². The molecule has 2 aromatic heterocycles. The van der Waals surface area contributed by atoms with E-state index in [4.69, 9.17) is 0 Å². The molecule has 4 rings (SSSR count). The van der Waals surface area contributed by atoms with Crippen molar-refractivity contribution in [2.24, 2.45) is 4.36 Å². The van der Waals surface area contributed by atoms with Gasteiger partial charge in [-0.05, 0) is 36.4 Å². The highest BCUT2D eigenvalue weighted by atomic mass is 32.2. The molecule has 0 aliphatic rings. The Balaban J connectivity index is 1.61. The fraction of sp³-hybridized carbons (Fsp3) is 0.100. The van der Waals surface area contributed by atoms with Crippen LogP contribution in [0.1, 0.15) is 0 Å². The van der Waals surface area contributed by atoms with E-state index in [-0.39, 0.29) is 0 Å². The summed E-state index contributed by atoms with van der Waals surface area (Å²) in [5.41, 5.74) is 4.47. The first-order chi connectivity index (χ1) is 13.0. The molecule has 27 heavy (non-hydrogen) atoms. The van der Waals surface area contributed by atoms with Gasteiger partial charge in [0, 0.05) is 56.8 Å². The highest BCUT2D eigenvalue weighted by molar-refractivity contribution is 7.92. The molecule has 7 heteroatoms. The largest absolute Gasteiger partial charge is 0.360 e. The highest BCUT2D eigenvalue weighted by Crippen LogP contribution is 2.28. The predicted molar refractivity (Wildman–Crippen MR) is 111 cm³/mol. The van der Waals surface area contributed by atoms with Crippen molar-refractivity contribution in [1.82, 2.24) is 15.0 Å². The van der Waals surface area contributed by atoms with Crippen LogP contribution in [0.5, 0.6) is 0 Å². The quantitative estimate of drug-likeness (QED) is 0.539. The monoisotopic (exact) mass is 377 g/mol. The number of hydrogen-bond donors (Lipinski definition) is 2. The van der Waals surface area contributed by atoms with Gasteiger partial charge in [0.1, 0.15) is 0 Å². The standard InChI is InChI=1S/C20H19N5OS/c1-27(2,26)25-15-9-7-14(8-10-15)23-20-21-12-11-19(24-20)17-13-22-18-6-4-3-5-16(17)18/h3-13,22H,1-2H3,(H,21,23,24). The predicted octanol–water partition coefficient (Wildman–Crippen LogP) is 4.73. The number of hydrogen-bond acceptors (Lipinski definition) is 5. The van der Waals surface area contributed by atoms with Gasteiger partial charge in [-0.25, -0.2) is 14.2 Å². The summed E-state index contributed by atoms with van der Waals surface area (Å²) in [4.78, 5) is 12.2. The second kappa shape index (κ2) is 6.85. The van der Waals surface area contributed by atoms with Gasteiger partial charge in [-0.1, -0.05) is 18.2 Å². The normalized spacial score (nSPS) is 11.5. The molecular weight excluding hydrogens is 358 g/mol. The number of nitrogens with zero attached hydrogens (tertiary/aromatic N) is 3. The summed E-state index contributed by atoms with van der Waals surface area (Å²) in [6, 6.07) is 17.4. The first-order valence-corrected chi connectivity index (χ1v) is 10.7. The highest BCUT2D eigenvalue weighted by Gasteiger charge is 2.08. The van der Waals surface area contributed by atoms with Crippen molar-refractivity contribution in [1.29, 1.82) is 0 Å². The zero-order chi connectivity index (χ0) is 18.9. The van der Waals surface area contributed by atoms with E-state index in [1.807, 2.05) is 54.7 Å². The van der Waals surface area contributed by atoms with Crippen LogP contribution in [0.15, 0.2) is 71.4 Å². The SMILES string of the molecule is CS(C)(=O)=Nc1ccc(Nc2nccc(-c3c[nH]c4ccccc34)n2)cc1. The number of fused-ring (bicyclic) bond motifs is 1. The van der Waals surface area contributed by atoms with Crippen LogP contribution in [-0.2, 0) is 9.73 Å². The fourth-order valence-corrected chi connectivity index (χ4v) is 3.47. The van der Waals surface area contributed by atoms with Gasteiger partial charge in [0.15, 0.2) is 0 Å². The lowest BCUT2D eigenvalue weighted by Crippen LogP contribution is -1.97. The third kappa shape index (κ3) is 3.98. The summed E-state index contributed by atoms with van der Waals surface area (Å²) in [5, 5.41) is 4.32. The van der Waals surface area contributed by atoms with Crippen LogP contribution >= 0.6 is 0 Å². The molecule has 0 fully saturated rings. The maximum Gasteiger partial charge on any atom is 0.227 e. The molecule has 4 aromatic rings. The summed E-state index contributed by atoms with van der Waals surface area (Å²) in [6.45, 7) is 0. The van der Waals surface area contributed by atoms with E-state index in [0.29, 0.717) is 11.6 Å². The minimum atomic E-state index is -2.17. The molecule has 0 radical (unpaired) electrons. The molecule has 6 nitrogen and oxygen atoms in total. The Labute approximate surface area is 157 Å². The number of H-pyrrole nitrogens is 1. The number of aromatic amines is 1. The van der Waals surface area contributed by atoms with E-state index in [2.05, 4.69) is 30.7 Å². The van der Waals surface area contributed by atoms with Gasteiger partial charge in [0.2, 0.25) is 5.95 Å². The van der Waals surface area contributed by atoms with E-state index in [0.717, 1.165) is 27.8 Å². The second-order valence-electron chi connectivity index (χ2n) is 6.46. The van der Waals surface area contributed by atoms with Gasteiger partial charge < -0.3 is 10.3 Å². The Morgan fingerprint density at radius 3 is 2.59 bits per heavy atom. The molecule has 0 spiro atoms. The lowest BCUT2D eigenvalue weighted by molar-refractivity contribution is 0.684. The molecule has 0 amide bonds. The van der Waals surface area contributed by atoms with Crippen LogP contribution < -0.4 is 5.32 Å². The number of anilines is 2. The smallest absolute Gasteiger partial charge is 0.227 e. The molecule has 0 atom stereocenters. The van der Waals surface area contributed by atoms with Crippen LogP contribution in [0.4, 0.5) is 17.3 Å². The van der Waals surface area contributed by atoms with Crippen molar-refractivity contribution < 1.29 is 4.21 Å². The van der Waals surface area contributed by atoms with E-state index in [1.165, 1.54) is 0 Å². The Kier molecular flexibility index (Phi) is 4.37. The molecular formula is C20H19N5OS. The molecule has 0 saturated carbocycles. The zero-order valence-corrected chi connectivity index (χ0v) is 15.8. The van der Waals surface area contributed by atoms with Crippen LogP contribution in [-0.4, -0.2) is 31.7 Å². The Hall–Kier alpha value is -3.19. The summed E-state index contributed by atoms with van der Waals surface area (Å²) < 4.78 is 16.0. The van der Waals surface area contributed by atoms with Crippen LogP contribution in [0.2, 0.25) is 0 Å². The summed E-state index contributed by atoms with van der Waals surface area (Å²) in [5.74, 6) is 0.511. The molecule has 2 N–H and O–H groups in total. The lowest BCUT2D eigenvalue weighted by atomic mass is 10.1. The van der Waals surface area contributed by atoms with Crippen molar-refractivity contribution in [2.75, 3.05) is 17.8 Å². The zero-order valence-electron chi connectivity index (χ0n) is 15.0. The summed E-state index contributed by atoms with van der Waals surface area (Å²) in [6.07, 6.45) is 6.92. The molecule has 0 unspecified atom stereocenters. The van der Waals surface area contributed by atoms with Crippen LogP contribution in [0, 0.1) is 0 Å². The van der Waals surface area contributed by atoms with Crippen molar-refractivity contribution in [2.45, 2.75) is 0 Å². The topological polar surface area (TPSA) is 83.0 Å². The average Bonchev–Trinajstić information content (AvgIpc) is 3.07. The number of para-hydroxylation sites is 1. The molecule has 2 heterocycles. The first-order valence-electron chi connectivity index (χ1n) is 8.42. The van der Waals surface area contributed by atoms with Crippen LogP contribution in [0.25, 0.3) is 22.2 Å². The van der Waals surface area contributed by atoms with Crippen molar-refractivity contribution in [3.63, 3.8) is 0 Å². The summed E-state index contributed by atoms with van der Waals surface area (Å²) in [7, 11) is -2.17. The van der Waals surface area contributed by atoms with Gasteiger partial charge in [0.05, 0.1) is 11.4 Å².